The van der Waals surface area contributed by atoms with E-state index in [1.807, 2.05) is 27.7 Å². The van der Waals surface area contributed by atoms with Crippen LogP contribution in [-0.2, 0) is 15.5 Å². The molecule has 1 saturated heterocycles. The van der Waals surface area contributed by atoms with E-state index in [0.29, 0.717) is 16.5 Å². The summed E-state index contributed by atoms with van der Waals surface area (Å²) in [6, 6.07) is 4.10. The van der Waals surface area contributed by atoms with Crippen molar-refractivity contribution in [3.63, 3.8) is 0 Å². The number of nitrogens with one attached hydrogen (secondary N) is 1. The fourth-order valence-corrected chi connectivity index (χ4v) is 2.86. The van der Waals surface area contributed by atoms with E-state index in [1.165, 1.54) is 12.1 Å². The largest absolute Gasteiger partial charge is 0.491 e. The Bertz CT molecular complexity index is 658. The molecule has 3 nitrogen and oxygen atoms in total. The van der Waals surface area contributed by atoms with Gasteiger partial charge in [0, 0.05) is 11.0 Å². The second kappa shape index (κ2) is 7.06. The molecule has 0 aliphatic carbocycles. The average molecular weight is 420 g/mol. The van der Waals surface area contributed by atoms with Gasteiger partial charge < -0.3 is 14.6 Å². The van der Waals surface area contributed by atoms with Crippen LogP contribution in [0.5, 0.6) is 0 Å². The Morgan fingerprint density at radius 3 is 2.24 bits per heavy atom. The van der Waals surface area contributed by atoms with Gasteiger partial charge in [-0.2, -0.15) is 13.2 Å². The molecule has 0 unspecified atom stereocenters. The molecule has 0 spiro atoms. The first-order valence-electron chi connectivity index (χ1n) is 7.95. The maximum Gasteiger partial charge on any atom is 0.491 e. The first-order chi connectivity index (χ1) is 11.4. The Hall–Kier alpha value is -0.825. The van der Waals surface area contributed by atoms with Crippen molar-refractivity contribution < 1.29 is 22.5 Å². The SMILES string of the molecule is CNCC(=Cc1ccc(Br)cc1C(F)(F)F)B1OC(C)(C)C(C)(C)O1. The lowest BCUT2D eigenvalue weighted by molar-refractivity contribution is -0.137. The quantitative estimate of drug-likeness (QED) is 0.717. The lowest BCUT2D eigenvalue weighted by Gasteiger charge is -2.32. The van der Waals surface area contributed by atoms with Gasteiger partial charge in [-0.15, -0.1) is 0 Å². The minimum Gasteiger partial charge on any atom is -0.400 e. The van der Waals surface area contributed by atoms with Crippen molar-refractivity contribution >= 4 is 29.1 Å². The maximum absolute atomic E-state index is 13.4. The number of likely N-dealkylation sites (N-methyl/N-ethyl adjacent to an activating group) is 1. The van der Waals surface area contributed by atoms with E-state index in [-0.39, 0.29) is 5.56 Å². The standard InChI is InChI=1S/C17H22BBrF3NO2/c1-15(2)16(3,4)25-18(24-15)12(10-23-5)8-11-6-7-13(19)9-14(11)17(20,21)22/h6-9,23H,10H2,1-5H3. The highest BCUT2D eigenvalue weighted by Crippen LogP contribution is 2.40. The van der Waals surface area contributed by atoms with Crippen LogP contribution in [0.25, 0.3) is 6.08 Å². The lowest BCUT2D eigenvalue weighted by Crippen LogP contribution is -2.41. The predicted octanol–water partition coefficient (Wildman–Crippen LogP) is 4.70. The number of rotatable bonds is 4. The molecule has 1 aliphatic rings. The molecule has 2 rings (SSSR count). The van der Waals surface area contributed by atoms with Gasteiger partial charge in [-0.1, -0.05) is 28.1 Å². The van der Waals surface area contributed by atoms with Crippen molar-refractivity contribution in [3.8, 4) is 0 Å². The third kappa shape index (κ3) is 4.48. The smallest absolute Gasteiger partial charge is 0.400 e. The van der Waals surface area contributed by atoms with E-state index in [9.17, 15) is 13.2 Å². The first-order valence-corrected chi connectivity index (χ1v) is 8.74. The molecular formula is C17H22BBrF3NO2. The van der Waals surface area contributed by atoms with Crippen LogP contribution in [0.4, 0.5) is 13.2 Å². The summed E-state index contributed by atoms with van der Waals surface area (Å²) in [5.74, 6) is 0. The van der Waals surface area contributed by atoms with Gasteiger partial charge in [-0.05, 0) is 57.9 Å². The highest BCUT2D eigenvalue weighted by molar-refractivity contribution is 9.10. The monoisotopic (exact) mass is 419 g/mol. The fourth-order valence-electron chi connectivity index (χ4n) is 2.50. The molecule has 138 valence electrons. The highest BCUT2D eigenvalue weighted by atomic mass is 79.9. The van der Waals surface area contributed by atoms with Gasteiger partial charge >= 0.3 is 13.3 Å². The van der Waals surface area contributed by atoms with Crippen molar-refractivity contribution in [2.24, 2.45) is 0 Å². The van der Waals surface area contributed by atoms with Gasteiger partial charge in [0.2, 0.25) is 0 Å². The molecule has 1 aromatic carbocycles. The zero-order valence-corrected chi connectivity index (χ0v) is 16.5. The zero-order chi connectivity index (χ0) is 19.0. The molecule has 1 aliphatic heterocycles. The summed E-state index contributed by atoms with van der Waals surface area (Å²) in [7, 11) is 1.02. The Morgan fingerprint density at radius 2 is 1.76 bits per heavy atom. The molecule has 0 saturated carbocycles. The normalized spacial score (nSPS) is 20.2. The Labute approximate surface area is 155 Å². The van der Waals surface area contributed by atoms with Crippen LogP contribution in [0.15, 0.2) is 28.1 Å². The van der Waals surface area contributed by atoms with Gasteiger partial charge in [0.05, 0.1) is 16.8 Å². The maximum atomic E-state index is 13.4. The molecular weight excluding hydrogens is 398 g/mol. The van der Waals surface area contributed by atoms with Gasteiger partial charge in [0.1, 0.15) is 0 Å². The van der Waals surface area contributed by atoms with Gasteiger partial charge in [0.25, 0.3) is 0 Å². The van der Waals surface area contributed by atoms with Crippen LogP contribution in [0.2, 0.25) is 0 Å². The molecule has 1 N–H and O–H groups in total. The van der Waals surface area contributed by atoms with Gasteiger partial charge in [-0.3, -0.25) is 0 Å². The summed E-state index contributed by atoms with van der Waals surface area (Å²) in [5, 5.41) is 2.97. The van der Waals surface area contributed by atoms with E-state index >= 15 is 0 Å². The predicted molar refractivity (Wildman–Crippen MR) is 97.1 cm³/mol. The topological polar surface area (TPSA) is 30.5 Å². The van der Waals surface area contributed by atoms with Gasteiger partial charge in [-0.25, -0.2) is 0 Å². The highest BCUT2D eigenvalue weighted by Gasteiger charge is 2.52. The van der Waals surface area contributed by atoms with Gasteiger partial charge in [0.15, 0.2) is 0 Å². The summed E-state index contributed by atoms with van der Waals surface area (Å²) in [5.41, 5.74) is -1.13. The summed E-state index contributed by atoms with van der Waals surface area (Å²) in [6.07, 6.45) is -2.95. The third-order valence-electron chi connectivity index (χ3n) is 4.60. The summed E-state index contributed by atoms with van der Waals surface area (Å²) < 4.78 is 52.4. The molecule has 0 atom stereocenters. The van der Waals surface area contributed by atoms with Crippen LogP contribution < -0.4 is 5.32 Å². The van der Waals surface area contributed by atoms with E-state index in [4.69, 9.17) is 9.31 Å². The molecule has 1 aromatic rings. The van der Waals surface area contributed by atoms with Crippen molar-refractivity contribution in [1.82, 2.24) is 5.32 Å². The molecule has 25 heavy (non-hydrogen) atoms. The number of hydrogen-bond donors (Lipinski definition) is 1. The number of alkyl halides is 3. The lowest BCUT2D eigenvalue weighted by atomic mass is 9.76. The van der Waals surface area contributed by atoms with Crippen LogP contribution in [0.1, 0.15) is 38.8 Å². The fraction of sp³-hybridized carbons (Fsp3) is 0.529. The van der Waals surface area contributed by atoms with Crippen LogP contribution in [0.3, 0.4) is 0 Å². The Kier molecular flexibility index (Phi) is 5.79. The minimum atomic E-state index is -4.45. The van der Waals surface area contributed by atoms with E-state index in [1.54, 1.807) is 13.1 Å². The molecule has 0 bridgehead atoms. The number of benzene rings is 1. The van der Waals surface area contributed by atoms with Crippen LogP contribution >= 0.6 is 15.9 Å². The molecule has 1 fully saturated rings. The van der Waals surface area contributed by atoms with Crippen molar-refractivity contribution in [2.75, 3.05) is 13.6 Å². The average Bonchev–Trinajstić information content (AvgIpc) is 2.67. The Balaban J connectivity index is 2.46. The zero-order valence-electron chi connectivity index (χ0n) is 14.9. The molecule has 0 amide bonds. The molecule has 8 heteroatoms. The first kappa shape index (κ1) is 20.5. The van der Waals surface area contributed by atoms with E-state index in [2.05, 4.69) is 21.2 Å². The summed E-state index contributed by atoms with van der Waals surface area (Å²) in [4.78, 5) is 0. The number of halogens is 4. The van der Waals surface area contributed by atoms with Crippen LogP contribution in [0, 0.1) is 0 Å². The number of hydrogen-bond acceptors (Lipinski definition) is 3. The van der Waals surface area contributed by atoms with Crippen molar-refractivity contribution in [1.29, 1.82) is 0 Å². The molecule has 0 radical (unpaired) electrons. The van der Waals surface area contributed by atoms with Crippen molar-refractivity contribution in [3.05, 3.63) is 39.3 Å². The van der Waals surface area contributed by atoms with Crippen molar-refractivity contribution in [2.45, 2.75) is 45.1 Å². The van der Waals surface area contributed by atoms with Crippen LogP contribution in [-0.4, -0.2) is 31.9 Å². The summed E-state index contributed by atoms with van der Waals surface area (Å²) >= 11 is 3.10. The summed E-state index contributed by atoms with van der Waals surface area (Å²) in [6.45, 7) is 7.98. The molecule has 0 aromatic heterocycles. The Morgan fingerprint density at radius 1 is 1.20 bits per heavy atom. The van der Waals surface area contributed by atoms with E-state index < -0.39 is 30.1 Å². The van der Waals surface area contributed by atoms with E-state index in [0.717, 1.165) is 6.07 Å². The third-order valence-corrected chi connectivity index (χ3v) is 5.09. The second-order valence-electron chi connectivity index (χ2n) is 7.07. The minimum absolute atomic E-state index is 0.0793. The molecule has 1 heterocycles. The second-order valence-corrected chi connectivity index (χ2v) is 7.98.